The SMILES string of the molecule is CCNCc1cc(C)ccc1OCCS(=O)(=O)C(C)C. The first-order valence-corrected chi connectivity index (χ1v) is 8.73. The zero-order valence-electron chi connectivity index (χ0n) is 12.8. The molecule has 5 heteroatoms. The maximum absolute atomic E-state index is 11.7. The molecule has 0 saturated carbocycles. The molecule has 0 atom stereocenters. The number of hydrogen-bond donors (Lipinski definition) is 1. The second kappa shape index (κ2) is 7.64. The molecule has 0 aliphatic carbocycles. The highest BCUT2D eigenvalue weighted by Gasteiger charge is 2.16. The highest BCUT2D eigenvalue weighted by Crippen LogP contribution is 2.20. The Kier molecular flexibility index (Phi) is 6.49. The molecular weight excluding hydrogens is 274 g/mol. The van der Waals surface area contributed by atoms with Crippen molar-refractivity contribution in [2.75, 3.05) is 18.9 Å². The van der Waals surface area contributed by atoms with Crippen LogP contribution in [0.5, 0.6) is 5.75 Å². The molecule has 20 heavy (non-hydrogen) atoms. The summed E-state index contributed by atoms with van der Waals surface area (Å²) >= 11 is 0. The fourth-order valence-corrected chi connectivity index (χ4v) is 2.54. The summed E-state index contributed by atoms with van der Waals surface area (Å²) in [5, 5.41) is 2.90. The Hall–Kier alpha value is -1.07. The van der Waals surface area contributed by atoms with Gasteiger partial charge in [0.2, 0.25) is 0 Å². The summed E-state index contributed by atoms with van der Waals surface area (Å²) in [7, 11) is -3.05. The Balaban J connectivity index is 2.68. The summed E-state index contributed by atoms with van der Waals surface area (Å²) < 4.78 is 29.1. The lowest BCUT2D eigenvalue weighted by Gasteiger charge is -2.13. The normalized spacial score (nSPS) is 11.8. The fourth-order valence-electron chi connectivity index (χ4n) is 1.75. The van der Waals surface area contributed by atoms with Gasteiger partial charge in [0, 0.05) is 12.1 Å². The summed E-state index contributed by atoms with van der Waals surface area (Å²) in [6.07, 6.45) is 0. The molecule has 1 aromatic carbocycles. The zero-order valence-corrected chi connectivity index (χ0v) is 13.6. The number of aryl methyl sites for hydroxylation is 1. The van der Waals surface area contributed by atoms with Crippen LogP contribution in [-0.2, 0) is 16.4 Å². The molecule has 4 nitrogen and oxygen atoms in total. The molecule has 1 aromatic rings. The largest absolute Gasteiger partial charge is 0.492 e. The average Bonchev–Trinajstić information content (AvgIpc) is 2.38. The van der Waals surface area contributed by atoms with E-state index in [2.05, 4.69) is 11.4 Å². The predicted molar refractivity (Wildman–Crippen MR) is 83.0 cm³/mol. The van der Waals surface area contributed by atoms with Crippen molar-refractivity contribution in [2.24, 2.45) is 0 Å². The Morgan fingerprint density at radius 2 is 2.00 bits per heavy atom. The van der Waals surface area contributed by atoms with Gasteiger partial charge >= 0.3 is 0 Å². The minimum Gasteiger partial charge on any atom is -0.492 e. The minimum absolute atomic E-state index is 0.0548. The first kappa shape index (κ1) is 17.0. The number of hydrogen-bond acceptors (Lipinski definition) is 4. The molecule has 0 saturated heterocycles. The van der Waals surface area contributed by atoms with E-state index in [0.29, 0.717) is 0 Å². The third-order valence-corrected chi connectivity index (χ3v) is 5.30. The van der Waals surface area contributed by atoms with Crippen molar-refractivity contribution < 1.29 is 13.2 Å². The van der Waals surface area contributed by atoms with Gasteiger partial charge in [0.15, 0.2) is 9.84 Å². The van der Waals surface area contributed by atoms with E-state index in [4.69, 9.17) is 4.74 Å². The summed E-state index contributed by atoms with van der Waals surface area (Å²) in [6.45, 7) is 9.27. The van der Waals surface area contributed by atoms with Crippen molar-refractivity contribution in [3.63, 3.8) is 0 Å². The molecular formula is C15H25NO3S. The molecule has 1 N–H and O–H groups in total. The van der Waals surface area contributed by atoms with Crippen LogP contribution in [0.4, 0.5) is 0 Å². The van der Waals surface area contributed by atoms with E-state index in [1.54, 1.807) is 13.8 Å². The first-order chi connectivity index (χ1) is 9.36. The van der Waals surface area contributed by atoms with Crippen LogP contribution < -0.4 is 10.1 Å². The van der Waals surface area contributed by atoms with Crippen LogP contribution in [0.1, 0.15) is 31.9 Å². The second-order valence-corrected chi connectivity index (χ2v) is 7.83. The van der Waals surface area contributed by atoms with E-state index >= 15 is 0 Å². The molecule has 0 aliphatic heterocycles. The number of rotatable bonds is 8. The van der Waals surface area contributed by atoms with Gasteiger partial charge in [0.05, 0.1) is 11.0 Å². The standard InChI is InChI=1S/C15H25NO3S/c1-5-16-11-14-10-13(4)6-7-15(14)19-8-9-20(17,18)12(2)3/h6-7,10,12,16H,5,8-9,11H2,1-4H3. The molecule has 0 spiro atoms. The van der Waals surface area contributed by atoms with Crippen molar-refractivity contribution in [2.45, 2.75) is 39.5 Å². The van der Waals surface area contributed by atoms with Gasteiger partial charge in [-0.15, -0.1) is 0 Å². The molecule has 1 rings (SSSR count). The highest BCUT2D eigenvalue weighted by molar-refractivity contribution is 7.91. The van der Waals surface area contributed by atoms with Crippen LogP contribution in [0.25, 0.3) is 0 Å². The van der Waals surface area contributed by atoms with Gasteiger partial charge in [-0.1, -0.05) is 24.6 Å². The van der Waals surface area contributed by atoms with Gasteiger partial charge in [0.1, 0.15) is 12.4 Å². The van der Waals surface area contributed by atoms with E-state index in [-0.39, 0.29) is 17.6 Å². The maximum Gasteiger partial charge on any atom is 0.155 e. The highest BCUT2D eigenvalue weighted by atomic mass is 32.2. The smallest absolute Gasteiger partial charge is 0.155 e. The van der Waals surface area contributed by atoms with Crippen molar-refractivity contribution >= 4 is 9.84 Å². The Labute approximate surface area is 122 Å². The quantitative estimate of drug-likeness (QED) is 0.800. The molecule has 0 aliphatic rings. The third kappa shape index (κ3) is 5.13. The van der Waals surface area contributed by atoms with E-state index in [0.717, 1.165) is 24.4 Å². The summed E-state index contributed by atoms with van der Waals surface area (Å²) in [5.74, 6) is 0.814. The lowest BCUT2D eigenvalue weighted by Crippen LogP contribution is -2.22. The average molecular weight is 299 g/mol. The van der Waals surface area contributed by atoms with E-state index in [1.165, 1.54) is 5.56 Å². The van der Waals surface area contributed by atoms with Gasteiger partial charge in [-0.25, -0.2) is 8.42 Å². The molecule has 0 amide bonds. The van der Waals surface area contributed by atoms with Crippen LogP contribution in [0.2, 0.25) is 0 Å². The topological polar surface area (TPSA) is 55.4 Å². The van der Waals surface area contributed by atoms with Crippen molar-refractivity contribution in [1.29, 1.82) is 0 Å². The monoisotopic (exact) mass is 299 g/mol. The Morgan fingerprint density at radius 1 is 1.30 bits per heavy atom. The van der Waals surface area contributed by atoms with Crippen LogP contribution in [0, 0.1) is 6.92 Å². The van der Waals surface area contributed by atoms with E-state index < -0.39 is 9.84 Å². The van der Waals surface area contributed by atoms with Gasteiger partial charge in [-0.3, -0.25) is 0 Å². The van der Waals surface area contributed by atoms with Crippen LogP contribution in [-0.4, -0.2) is 32.6 Å². The Bertz CT molecular complexity index is 524. The van der Waals surface area contributed by atoms with Crippen molar-refractivity contribution in [3.8, 4) is 5.75 Å². The van der Waals surface area contributed by atoms with E-state index in [1.807, 2.05) is 26.0 Å². The second-order valence-electron chi connectivity index (χ2n) is 5.16. The van der Waals surface area contributed by atoms with Crippen molar-refractivity contribution in [1.82, 2.24) is 5.32 Å². The van der Waals surface area contributed by atoms with Gasteiger partial charge in [0.25, 0.3) is 0 Å². The first-order valence-electron chi connectivity index (χ1n) is 7.01. The number of nitrogens with one attached hydrogen (secondary N) is 1. The fraction of sp³-hybridized carbons (Fsp3) is 0.600. The summed E-state index contributed by atoms with van der Waals surface area (Å²) in [4.78, 5) is 0. The maximum atomic E-state index is 11.7. The van der Waals surface area contributed by atoms with Gasteiger partial charge in [-0.2, -0.15) is 0 Å². The van der Waals surface area contributed by atoms with Crippen LogP contribution in [0.15, 0.2) is 18.2 Å². The molecule has 0 aromatic heterocycles. The van der Waals surface area contributed by atoms with Gasteiger partial charge < -0.3 is 10.1 Å². The zero-order chi connectivity index (χ0) is 15.2. The van der Waals surface area contributed by atoms with Gasteiger partial charge in [-0.05, 0) is 33.4 Å². The molecule has 0 heterocycles. The molecule has 114 valence electrons. The summed E-state index contributed by atoms with van der Waals surface area (Å²) in [6, 6.07) is 5.95. The van der Waals surface area contributed by atoms with E-state index in [9.17, 15) is 8.42 Å². The number of benzene rings is 1. The number of sulfone groups is 1. The Morgan fingerprint density at radius 3 is 2.60 bits per heavy atom. The third-order valence-electron chi connectivity index (χ3n) is 3.13. The van der Waals surface area contributed by atoms with Crippen molar-refractivity contribution in [3.05, 3.63) is 29.3 Å². The minimum atomic E-state index is -3.05. The molecule has 0 fully saturated rings. The van der Waals surface area contributed by atoms with Crippen LogP contribution >= 0.6 is 0 Å². The number of ether oxygens (including phenoxy) is 1. The van der Waals surface area contributed by atoms with Crippen LogP contribution in [0.3, 0.4) is 0 Å². The molecule has 0 radical (unpaired) electrons. The summed E-state index contributed by atoms with van der Waals surface area (Å²) in [5.41, 5.74) is 2.23. The predicted octanol–water partition coefficient (Wildman–Crippen LogP) is 2.31. The molecule has 0 bridgehead atoms. The lowest BCUT2D eigenvalue weighted by molar-refractivity contribution is 0.336. The molecule has 0 unspecified atom stereocenters. The lowest BCUT2D eigenvalue weighted by atomic mass is 10.1.